The number of piperidine rings is 2. The van der Waals surface area contributed by atoms with E-state index >= 15 is 0 Å². The molecule has 0 unspecified atom stereocenters. The number of pyridine rings is 1. The summed E-state index contributed by atoms with van der Waals surface area (Å²) in [5, 5.41) is 3.21. The minimum Gasteiger partial charge on any atom is -0.372 e. The van der Waals surface area contributed by atoms with Crippen molar-refractivity contribution in [2.24, 2.45) is 5.92 Å². The number of alkyl halides is 3. The Bertz CT molecular complexity index is 1020. The summed E-state index contributed by atoms with van der Waals surface area (Å²) in [7, 11) is 0. The van der Waals surface area contributed by atoms with E-state index in [1.807, 2.05) is 4.90 Å². The summed E-state index contributed by atoms with van der Waals surface area (Å²) in [5.74, 6) is 1.24. The van der Waals surface area contributed by atoms with E-state index < -0.39 is 11.7 Å². The van der Waals surface area contributed by atoms with Crippen LogP contribution in [-0.2, 0) is 16.4 Å². The first-order valence-corrected chi connectivity index (χ1v) is 13.4. The molecule has 2 aromatic rings. The van der Waals surface area contributed by atoms with Gasteiger partial charge in [0.25, 0.3) is 0 Å². The molecule has 2 fully saturated rings. The van der Waals surface area contributed by atoms with Gasteiger partial charge in [-0.25, -0.2) is 4.98 Å². The fourth-order valence-electron chi connectivity index (χ4n) is 5.27. The fraction of sp³-hybridized carbons (Fsp3) is 0.600. The molecule has 38 heavy (non-hydrogen) atoms. The fourth-order valence-corrected chi connectivity index (χ4v) is 5.27. The number of likely N-dealkylation sites (tertiary alicyclic amines) is 1. The number of nitrogens with one attached hydrogen (secondary N) is 1. The van der Waals surface area contributed by atoms with Gasteiger partial charge in [0.2, 0.25) is 5.91 Å². The van der Waals surface area contributed by atoms with Gasteiger partial charge in [-0.2, -0.15) is 13.2 Å². The maximum Gasteiger partial charge on any atom is 0.417 e. The normalized spacial score (nSPS) is 17.7. The van der Waals surface area contributed by atoms with Crippen molar-refractivity contribution in [1.29, 1.82) is 0 Å². The Hall–Kier alpha value is -2.77. The van der Waals surface area contributed by atoms with Gasteiger partial charge in [-0.15, -0.1) is 0 Å². The minimum atomic E-state index is -4.38. The number of nitrogens with zero attached hydrogens (tertiary/aromatic N) is 3. The molecule has 1 amide bonds. The van der Waals surface area contributed by atoms with Gasteiger partial charge in [-0.3, -0.25) is 4.79 Å². The molecule has 0 radical (unpaired) electrons. The first kappa shape index (κ1) is 29.8. The highest BCUT2D eigenvalue weighted by Crippen LogP contribution is 2.30. The molecule has 8 heteroatoms. The van der Waals surface area contributed by atoms with E-state index in [2.05, 4.69) is 60.2 Å². The Kier molecular flexibility index (Phi) is 9.71. The number of hydrogen-bond donors (Lipinski definition) is 1. The van der Waals surface area contributed by atoms with E-state index in [4.69, 9.17) is 0 Å². The Morgan fingerprint density at radius 1 is 0.921 bits per heavy atom. The molecule has 4 rings (SSSR count). The topological polar surface area (TPSA) is 48.5 Å². The molecule has 0 atom stereocenters. The highest BCUT2D eigenvalue weighted by molar-refractivity contribution is 5.76. The number of benzene rings is 1. The molecule has 0 spiro atoms. The second-order valence-electron chi connectivity index (χ2n) is 11.5. The molecular formula is C30H43F3N4O. The first-order valence-electron chi connectivity index (χ1n) is 13.4. The van der Waals surface area contributed by atoms with Gasteiger partial charge >= 0.3 is 6.18 Å². The van der Waals surface area contributed by atoms with Crippen LogP contribution in [-0.4, -0.2) is 48.0 Å². The lowest BCUT2D eigenvalue weighted by atomic mass is 9.87. The molecule has 210 valence electrons. The first-order chi connectivity index (χ1) is 17.5. The molecule has 3 heterocycles. The number of carbonyl (C=O) groups excluding carboxylic acids is 1. The maximum absolute atomic E-state index is 12.8. The summed E-state index contributed by atoms with van der Waals surface area (Å²) in [6.07, 6.45) is 1.75. The zero-order valence-electron chi connectivity index (χ0n) is 22.2. The van der Waals surface area contributed by atoms with Crippen molar-refractivity contribution in [3.05, 3.63) is 53.7 Å². The Morgan fingerprint density at radius 2 is 1.53 bits per heavy atom. The lowest BCUT2D eigenvalue weighted by molar-refractivity contribution is -0.137. The Morgan fingerprint density at radius 3 is 2.05 bits per heavy atom. The number of halogens is 3. The summed E-state index contributed by atoms with van der Waals surface area (Å²) < 4.78 is 38.1. The van der Waals surface area contributed by atoms with Crippen LogP contribution >= 0.6 is 0 Å². The van der Waals surface area contributed by atoms with E-state index in [0.29, 0.717) is 31.2 Å². The van der Waals surface area contributed by atoms with Crippen LogP contribution < -0.4 is 10.2 Å². The van der Waals surface area contributed by atoms with Gasteiger partial charge in [-0.1, -0.05) is 40.3 Å². The highest BCUT2D eigenvalue weighted by atomic mass is 19.4. The standard InChI is InChI=1S/C29H39F3N4O.CH4/c1-28(2,3)22-5-8-25(9-6-22)35-16-12-21(13-17-35)4-11-27(37)36-18-14-24(15-19-36)34-26-10-7-23(20-33-26)29(30,31)32;/h5-10,20-21,24H,4,11-19H2,1-3H3,(H,33,34);1H4. The lowest BCUT2D eigenvalue weighted by Gasteiger charge is -2.35. The van der Waals surface area contributed by atoms with Crippen molar-refractivity contribution in [2.45, 2.75) is 84.4 Å². The van der Waals surface area contributed by atoms with Crippen LogP contribution in [0.2, 0.25) is 0 Å². The predicted octanol–water partition coefficient (Wildman–Crippen LogP) is 7.13. The van der Waals surface area contributed by atoms with Crippen molar-refractivity contribution in [1.82, 2.24) is 9.88 Å². The third-order valence-electron chi connectivity index (χ3n) is 7.77. The van der Waals surface area contributed by atoms with Gasteiger partial charge in [0.15, 0.2) is 0 Å². The largest absolute Gasteiger partial charge is 0.417 e. The van der Waals surface area contributed by atoms with Crippen LogP contribution in [0.15, 0.2) is 42.6 Å². The van der Waals surface area contributed by atoms with Crippen molar-refractivity contribution < 1.29 is 18.0 Å². The van der Waals surface area contributed by atoms with E-state index in [9.17, 15) is 18.0 Å². The van der Waals surface area contributed by atoms with E-state index in [-0.39, 0.29) is 24.8 Å². The Balaban J connectivity index is 0.00000400. The number of rotatable bonds is 6. The molecule has 1 aromatic carbocycles. The smallest absolute Gasteiger partial charge is 0.372 e. The van der Waals surface area contributed by atoms with Crippen molar-refractivity contribution in [3.8, 4) is 0 Å². The van der Waals surface area contributed by atoms with Crippen LogP contribution in [0.4, 0.5) is 24.7 Å². The molecule has 2 aliphatic heterocycles. The molecule has 1 aromatic heterocycles. The average Bonchev–Trinajstić information content (AvgIpc) is 2.87. The quantitative estimate of drug-likeness (QED) is 0.430. The van der Waals surface area contributed by atoms with E-state index in [1.54, 1.807) is 0 Å². The summed E-state index contributed by atoms with van der Waals surface area (Å²) >= 11 is 0. The summed E-state index contributed by atoms with van der Waals surface area (Å²) in [6.45, 7) is 10.1. The number of amides is 1. The summed E-state index contributed by atoms with van der Waals surface area (Å²) in [4.78, 5) is 21.1. The van der Waals surface area contributed by atoms with Crippen molar-refractivity contribution >= 4 is 17.4 Å². The molecule has 2 aliphatic rings. The van der Waals surface area contributed by atoms with Gasteiger partial charge in [0.1, 0.15) is 5.82 Å². The summed E-state index contributed by atoms with van der Waals surface area (Å²) in [6, 6.07) is 11.5. The van der Waals surface area contributed by atoms with Crippen LogP contribution in [0.3, 0.4) is 0 Å². The minimum absolute atomic E-state index is 0. The molecule has 0 aliphatic carbocycles. The second-order valence-corrected chi connectivity index (χ2v) is 11.5. The van der Waals surface area contributed by atoms with Gasteiger partial charge in [-0.05, 0) is 73.3 Å². The highest BCUT2D eigenvalue weighted by Gasteiger charge is 2.31. The SMILES string of the molecule is C.CC(C)(C)c1ccc(N2CCC(CCC(=O)N3CCC(Nc4ccc(C(F)(F)F)cn4)CC3)CC2)cc1. The maximum atomic E-state index is 12.8. The van der Waals surface area contributed by atoms with Gasteiger partial charge in [0, 0.05) is 50.5 Å². The lowest BCUT2D eigenvalue weighted by Crippen LogP contribution is -2.42. The average molecular weight is 533 g/mol. The number of anilines is 2. The van der Waals surface area contributed by atoms with Crippen LogP contribution in [0.25, 0.3) is 0 Å². The van der Waals surface area contributed by atoms with Gasteiger partial charge in [0.05, 0.1) is 5.56 Å². The number of hydrogen-bond acceptors (Lipinski definition) is 4. The molecular weight excluding hydrogens is 489 g/mol. The molecule has 5 nitrogen and oxygen atoms in total. The third-order valence-corrected chi connectivity index (χ3v) is 7.77. The number of aromatic nitrogens is 1. The summed E-state index contributed by atoms with van der Waals surface area (Å²) in [5.41, 5.74) is 2.04. The zero-order valence-corrected chi connectivity index (χ0v) is 22.2. The predicted molar refractivity (Wildman–Crippen MR) is 149 cm³/mol. The second kappa shape index (κ2) is 12.4. The van der Waals surface area contributed by atoms with E-state index in [0.717, 1.165) is 57.5 Å². The molecule has 1 N–H and O–H groups in total. The molecule has 0 bridgehead atoms. The monoisotopic (exact) mass is 532 g/mol. The van der Waals surface area contributed by atoms with Crippen molar-refractivity contribution in [3.63, 3.8) is 0 Å². The third kappa shape index (κ3) is 7.87. The van der Waals surface area contributed by atoms with Crippen molar-refractivity contribution in [2.75, 3.05) is 36.4 Å². The van der Waals surface area contributed by atoms with Crippen LogP contribution in [0.1, 0.15) is 77.8 Å². The molecule has 0 saturated carbocycles. The molecule has 2 saturated heterocycles. The van der Waals surface area contributed by atoms with Gasteiger partial charge < -0.3 is 15.1 Å². The number of carbonyl (C=O) groups is 1. The van der Waals surface area contributed by atoms with Crippen LogP contribution in [0.5, 0.6) is 0 Å². The van der Waals surface area contributed by atoms with E-state index in [1.165, 1.54) is 17.3 Å². The Labute approximate surface area is 225 Å². The zero-order chi connectivity index (χ0) is 26.6. The van der Waals surface area contributed by atoms with Crippen LogP contribution in [0, 0.1) is 5.92 Å².